The van der Waals surface area contributed by atoms with Crippen LogP contribution in [0, 0.1) is 16.7 Å². The second-order valence-corrected chi connectivity index (χ2v) is 25.5. The smallest absolute Gasteiger partial charge is 0.348 e. The van der Waals surface area contributed by atoms with Crippen LogP contribution in [0.15, 0.2) is 127 Å². The molecule has 2 aliphatic rings. The van der Waals surface area contributed by atoms with Crippen molar-refractivity contribution in [3.8, 4) is 17.2 Å². The van der Waals surface area contributed by atoms with Gasteiger partial charge < -0.3 is 64.6 Å². The number of anilines is 1. The number of esters is 2. The molecule has 0 aromatic heterocycles. The number of rotatable bonds is 33. The Morgan fingerprint density at radius 2 is 1.35 bits per heavy atom. The van der Waals surface area contributed by atoms with Gasteiger partial charge in [-0.15, -0.1) is 0 Å². The highest BCUT2D eigenvalue weighted by Gasteiger charge is 2.44. The van der Waals surface area contributed by atoms with E-state index in [1.807, 2.05) is 57.2 Å². The van der Waals surface area contributed by atoms with Crippen molar-refractivity contribution in [2.75, 3.05) is 59.9 Å². The Morgan fingerprint density at radius 1 is 0.701 bits per heavy atom. The van der Waals surface area contributed by atoms with E-state index in [1.165, 1.54) is 42.8 Å². The predicted molar refractivity (Wildman–Crippen MR) is 363 cm³/mol. The number of amides is 7. The van der Waals surface area contributed by atoms with Gasteiger partial charge in [-0.25, -0.2) is 9.59 Å². The number of benzene rings is 5. The Labute approximate surface area is 567 Å². The molecule has 0 aliphatic carbocycles. The van der Waals surface area contributed by atoms with E-state index in [4.69, 9.17) is 29.1 Å². The number of nitrogens with zero attached hydrogens (tertiary/aromatic N) is 4. The van der Waals surface area contributed by atoms with Gasteiger partial charge in [0.15, 0.2) is 11.5 Å². The first kappa shape index (κ1) is 74.5. The number of aryl methyl sites for hydroxylation is 1. The SMILES string of the molecule is CCN(C)C(=O)[C@H](CC(C)C)N(C)C(=O)[C@H]1CCCN1C(=O)[C@H](Cc1ccc(OCc2ccccc2)cc1)NC(=O)C(NC(=O)CCC(=O)Nc1cccc([C@@H](CCc2ccc(OC)c(OC)c2)OC(=O)[C@@H]2CCCCN2C(=O)C(=O)C(C)(C)COC(=O)C=N)c1)c1ccccc1. The second-order valence-electron chi connectivity index (χ2n) is 25.5. The van der Waals surface area contributed by atoms with Gasteiger partial charge in [0, 0.05) is 58.7 Å². The summed E-state index contributed by atoms with van der Waals surface area (Å²) >= 11 is 0. The number of likely N-dealkylation sites (tertiary alicyclic amines) is 2. The molecule has 23 heteroatoms. The van der Waals surface area contributed by atoms with Crippen molar-refractivity contribution in [2.24, 2.45) is 11.3 Å². The van der Waals surface area contributed by atoms with Crippen LogP contribution in [0.4, 0.5) is 5.69 Å². The summed E-state index contributed by atoms with van der Waals surface area (Å²) in [5.41, 5.74) is 2.14. The summed E-state index contributed by atoms with van der Waals surface area (Å²) in [7, 11) is 6.32. The Bertz CT molecular complexity index is 3570. The number of carbonyl (C=O) groups is 10. The van der Waals surface area contributed by atoms with E-state index in [0.29, 0.717) is 97.5 Å². The number of ether oxygens (including phenoxy) is 5. The van der Waals surface area contributed by atoms with Crippen molar-refractivity contribution in [3.63, 3.8) is 0 Å². The molecular formula is C74H92N8O15. The summed E-state index contributed by atoms with van der Waals surface area (Å²) in [4.78, 5) is 146. The van der Waals surface area contributed by atoms with Crippen LogP contribution in [0.25, 0.3) is 0 Å². The molecule has 23 nitrogen and oxygen atoms in total. The minimum absolute atomic E-state index is 0.0121. The zero-order valence-electron chi connectivity index (χ0n) is 57.0. The minimum atomic E-state index is -1.47. The zero-order valence-corrected chi connectivity index (χ0v) is 57.0. The van der Waals surface area contributed by atoms with Crippen molar-refractivity contribution in [1.29, 1.82) is 5.41 Å². The molecule has 2 saturated heterocycles. The van der Waals surface area contributed by atoms with Gasteiger partial charge in [0.2, 0.25) is 41.2 Å². The number of carbonyl (C=O) groups excluding carboxylic acids is 10. The number of methoxy groups -OCH3 is 2. The Morgan fingerprint density at radius 3 is 2.02 bits per heavy atom. The molecule has 0 bridgehead atoms. The van der Waals surface area contributed by atoms with Gasteiger partial charge in [0.05, 0.1) is 19.6 Å². The van der Waals surface area contributed by atoms with Crippen molar-refractivity contribution >= 4 is 71.0 Å². The summed E-state index contributed by atoms with van der Waals surface area (Å²) in [6.07, 6.45) is 1.84. The lowest BCUT2D eigenvalue weighted by atomic mass is 9.87. The van der Waals surface area contributed by atoms with E-state index in [2.05, 4.69) is 16.0 Å². The molecule has 1 unspecified atom stereocenters. The quantitative estimate of drug-likeness (QED) is 0.0174. The van der Waals surface area contributed by atoms with Gasteiger partial charge in [-0.3, -0.25) is 38.4 Å². The first-order chi connectivity index (χ1) is 46.4. The summed E-state index contributed by atoms with van der Waals surface area (Å²) in [6.45, 7) is 9.28. The largest absolute Gasteiger partial charge is 0.493 e. The molecule has 0 spiro atoms. The monoisotopic (exact) mass is 1330 g/mol. The molecule has 2 heterocycles. The predicted octanol–water partition coefficient (Wildman–Crippen LogP) is 8.32. The molecule has 5 aromatic rings. The molecule has 7 rings (SSSR count). The van der Waals surface area contributed by atoms with Gasteiger partial charge in [-0.05, 0) is 142 Å². The summed E-state index contributed by atoms with van der Waals surface area (Å²) < 4.78 is 28.3. The fourth-order valence-electron chi connectivity index (χ4n) is 11.8. The Hall–Kier alpha value is -9.93. The summed E-state index contributed by atoms with van der Waals surface area (Å²) in [5, 5.41) is 15.7. The molecule has 518 valence electrons. The van der Waals surface area contributed by atoms with Crippen molar-refractivity contribution in [3.05, 3.63) is 155 Å². The highest BCUT2D eigenvalue weighted by molar-refractivity contribution is 6.38. The fourth-order valence-corrected chi connectivity index (χ4v) is 11.8. The summed E-state index contributed by atoms with van der Waals surface area (Å²) in [6, 6.07) is 31.9. The molecule has 2 fully saturated rings. The number of likely N-dealkylation sites (N-methyl/N-ethyl adjacent to an activating group) is 2. The van der Waals surface area contributed by atoms with Crippen molar-refractivity contribution in [2.45, 2.75) is 148 Å². The van der Waals surface area contributed by atoms with Gasteiger partial charge in [0.25, 0.3) is 5.91 Å². The highest BCUT2D eigenvalue weighted by atomic mass is 16.5. The lowest BCUT2D eigenvalue weighted by molar-refractivity contribution is -0.165. The maximum atomic E-state index is 15.2. The van der Waals surface area contributed by atoms with E-state index in [-0.39, 0.29) is 57.0 Å². The fraction of sp³-hybridized carbons (Fsp3) is 0.446. The van der Waals surface area contributed by atoms with Crippen LogP contribution in [0.1, 0.15) is 132 Å². The molecule has 0 radical (unpaired) electrons. The average Bonchev–Trinajstić information content (AvgIpc) is 1.77. The van der Waals surface area contributed by atoms with Crippen LogP contribution >= 0.6 is 0 Å². The maximum absolute atomic E-state index is 15.2. The van der Waals surface area contributed by atoms with E-state index >= 15 is 4.79 Å². The molecule has 2 aliphatic heterocycles. The van der Waals surface area contributed by atoms with Crippen LogP contribution in [-0.4, -0.2) is 164 Å². The molecule has 6 atom stereocenters. The molecule has 7 amide bonds. The second kappa shape index (κ2) is 35.7. The lowest BCUT2D eigenvalue weighted by Crippen LogP contribution is -2.58. The van der Waals surface area contributed by atoms with Gasteiger partial charge in [0.1, 0.15) is 61.5 Å². The third-order valence-corrected chi connectivity index (χ3v) is 17.5. The first-order valence-corrected chi connectivity index (χ1v) is 33.0. The Balaban J connectivity index is 1.08. The number of Topliss-reactive ketones (excluding diaryl/α,β-unsaturated/α-hetero) is 1. The molecule has 0 saturated carbocycles. The number of piperidine rings is 1. The number of ketones is 1. The third-order valence-electron chi connectivity index (χ3n) is 17.5. The molecular weight excluding hydrogens is 1240 g/mol. The molecule has 97 heavy (non-hydrogen) atoms. The normalized spacial score (nSPS) is 15.7. The number of nitrogens with one attached hydrogen (secondary N) is 4. The average molecular weight is 1330 g/mol. The van der Waals surface area contributed by atoms with E-state index < -0.39 is 101 Å². The topological polar surface area (TPSA) is 290 Å². The summed E-state index contributed by atoms with van der Waals surface area (Å²) in [5.74, 6) is -5.00. The van der Waals surface area contributed by atoms with E-state index in [9.17, 15) is 43.2 Å². The Kier molecular flexibility index (Phi) is 27.4. The highest BCUT2D eigenvalue weighted by Crippen LogP contribution is 2.33. The lowest BCUT2D eigenvalue weighted by Gasteiger charge is -2.36. The van der Waals surface area contributed by atoms with Crippen molar-refractivity contribution in [1.82, 2.24) is 30.2 Å². The number of hydrogen-bond donors (Lipinski definition) is 4. The maximum Gasteiger partial charge on any atom is 0.348 e. The minimum Gasteiger partial charge on any atom is -0.493 e. The standard InChI is InChI=1S/C74H92N8O15/c1-10-79(6)70(89)59(41-48(2)3)80(7)71(90)57-28-20-40-81(57)69(88)56(42-49-29-33-55(34-30-49)95-46-51-21-13-11-14-22-51)77-68(87)66(52-23-15-12-16-24-52)78-64(84)38-37-63(83)76-54-26-19-25-53(44-54)60(35-31-50-32-36-61(93-8)62(43-50)94-9)97-73(92)58-27-17-18-39-82(58)72(91)67(86)74(4,5)47-96-65(85)45-75/h11-16,19,21-26,29-30,32-34,36,43-45,48,56-60,66,75H,10,17-18,20,27-28,31,35,37-42,46-47H2,1-9H3,(H,76,83)(H,77,87)(H,78,84)/t56-,57+,58-,59-,60+,66?/m0/s1. The van der Waals surface area contributed by atoms with Crippen LogP contribution in [0.3, 0.4) is 0 Å². The van der Waals surface area contributed by atoms with Gasteiger partial charge in [-0.1, -0.05) is 105 Å². The van der Waals surface area contributed by atoms with Crippen LogP contribution in [0.2, 0.25) is 0 Å². The van der Waals surface area contributed by atoms with Crippen LogP contribution in [0.5, 0.6) is 17.2 Å². The van der Waals surface area contributed by atoms with Crippen LogP contribution < -0.4 is 30.2 Å². The van der Waals surface area contributed by atoms with Crippen LogP contribution in [-0.2, 0) is 76.9 Å². The zero-order chi connectivity index (χ0) is 70.3. The van der Waals surface area contributed by atoms with Gasteiger partial charge in [-0.2, -0.15) is 0 Å². The molecule has 5 aromatic carbocycles. The first-order valence-electron chi connectivity index (χ1n) is 33.0. The van der Waals surface area contributed by atoms with E-state index in [1.54, 1.807) is 110 Å². The van der Waals surface area contributed by atoms with E-state index in [0.717, 1.165) is 11.1 Å². The van der Waals surface area contributed by atoms with Crippen molar-refractivity contribution < 1.29 is 71.6 Å². The third kappa shape index (κ3) is 20.8. The number of hydrogen-bond acceptors (Lipinski definition) is 16. The van der Waals surface area contributed by atoms with Gasteiger partial charge >= 0.3 is 11.9 Å². The molecule has 4 N–H and O–H groups in total.